The van der Waals surface area contributed by atoms with E-state index in [0.717, 1.165) is 35.6 Å². The van der Waals surface area contributed by atoms with Crippen molar-refractivity contribution in [3.05, 3.63) is 12.2 Å². The van der Waals surface area contributed by atoms with Crippen molar-refractivity contribution in [1.82, 2.24) is 19.9 Å². The SMILES string of the molecule is C[C@H]1C[C@@H](Nc2ncnc3nc(C4CCCCC4)[nH]c23)C[C@@H]1O. The molecule has 3 N–H and O–H groups in total. The summed E-state index contributed by atoms with van der Waals surface area (Å²) in [6, 6.07) is 0.263. The van der Waals surface area contributed by atoms with Crippen LogP contribution in [-0.4, -0.2) is 37.2 Å². The van der Waals surface area contributed by atoms with Gasteiger partial charge in [-0.2, -0.15) is 0 Å². The summed E-state index contributed by atoms with van der Waals surface area (Å²) in [6.45, 7) is 2.10. The van der Waals surface area contributed by atoms with Gasteiger partial charge in [0.1, 0.15) is 17.7 Å². The molecule has 2 fully saturated rings. The second kappa shape index (κ2) is 6.07. The molecule has 2 aromatic heterocycles. The van der Waals surface area contributed by atoms with Crippen LogP contribution >= 0.6 is 0 Å². The molecular formula is C17H25N5O. The molecule has 2 aliphatic carbocycles. The number of aliphatic hydroxyl groups excluding tert-OH is 1. The number of aromatic nitrogens is 4. The number of rotatable bonds is 3. The fraction of sp³-hybridized carbons (Fsp3) is 0.706. The minimum Gasteiger partial charge on any atom is -0.393 e. The molecule has 0 amide bonds. The Labute approximate surface area is 136 Å². The molecule has 0 saturated heterocycles. The van der Waals surface area contributed by atoms with E-state index in [1.54, 1.807) is 6.33 Å². The standard InChI is InChI=1S/C17H25N5O/c1-10-7-12(8-13(10)23)20-16-14-17(19-9-18-16)22-15(21-14)11-5-3-2-4-6-11/h9-13,23H,2-8H2,1H3,(H2,18,19,20,21,22)/t10-,12+,13-/m0/s1. The van der Waals surface area contributed by atoms with Crippen LogP contribution in [0.5, 0.6) is 0 Å². The van der Waals surface area contributed by atoms with Gasteiger partial charge in [-0.05, 0) is 31.6 Å². The van der Waals surface area contributed by atoms with Gasteiger partial charge < -0.3 is 15.4 Å². The lowest BCUT2D eigenvalue weighted by Gasteiger charge is -2.19. The van der Waals surface area contributed by atoms with Gasteiger partial charge in [0.15, 0.2) is 11.5 Å². The monoisotopic (exact) mass is 315 g/mol. The van der Waals surface area contributed by atoms with E-state index in [0.29, 0.717) is 11.8 Å². The lowest BCUT2D eigenvalue weighted by Crippen LogP contribution is -2.17. The zero-order valence-electron chi connectivity index (χ0n) is 13.6. The van der Waals surface area contributed by atoms with Gasteiger partial charge in [-0.3, -0.25) is 0 Å². The van der Waals surface area contributed by atoms with Gasteiger partial charge in [-0.1, -0.05) is 26.2 Å². The highest BCUT2D eigenvalue weighted by Gasteiger charge is 2.30. The number of nitrogens with zero attached hydrogens (tertiary/aromatic N) is 3. The number of aromatic amines is 1. The molecule has 0 unspecified atom stereocenters. The van der Waals surface area contributed by atoms with Crippen LogP contribution < -0.4 is 5.32 Å². The van der Waals surface area contributed by atoms with E-state index in [1.807, 2.05) is 0 Å². The molecular weight excluding hydrogens is 290 g/mol. The van der Waals surface area contributed by atoms with E-state index in [1.165, 1.54) is 32.1 Å². The van der Waals surface area contributed by atoms with Crippen LogP contribution in [0.25, 0.3) is 11.2 Å². The minimum absolute atomic E-state index is 0.218. The Balaban J connectivity index is 1.58. The Morgan fingerprint density at radius 1 is 1.17 bits per heavy atom. The maximum absolute atomic E-state index is 9.94. The number of nitrogens with one attached hydrogen (secondary N) is 2. The van der Waals surface area contributed by atoms with Crippen molar-refractivity contribution < 1.29 is 5.11 Å². The Hall–Kier alpha value is -1.69. The maximum Gasteiger partial charge on any atom is 0.183 e. The van der Waals surface area contributed by atoms with E-state index in [2.05, 4.69) is 27.2 Å². The van der Waals surface area contributed by atoms with Crippen molar-refractivity contribution in [2.24, 2.45) is 5.92 Å². The zero-order chi connectivity index (χ0) is 15.8. The van der Waals surface area contributed by atoms with Crippen molar-refractivity contribution in [2.75, 3.05) is 5.32 Å². The van der Waals surface area contributed by atoms with Gasteiger partial charge in [0.25, 0.3) is 0 Å². The molecule has 0 radical (unpaired) electrons. The molecule has 0 aliphatic heterocycles. The number of H-pyrrole nitrogens is 1. The molecule has 23 heavy (non-hydrogen) atoms. The van der Waals surface area contributed by atoms with Gasteiger partial charge in [-0.15, -0.1) is 0 Å². The number of anilines is 1. The molecule has 2 heterocycles. The summed E-state index contributed by atoms with van der Waals surface area (Å²) in [6.07, 6.45) is 9.44. The number of fused-ring (bicyclic) bond motifs is 1. The van der Waals surface area contributed by atoms with E-state index in [-0.39, 0.29) is 12.1 Å². The second-order valence-corrected chi connectivity index (χ2v) is 7.24. The van der Waals surface area contributed by atoms with Crippen molar-refractivity contribution in [2.45, 2.75) is 69.9 Å². The first-order valence-corrected chi connectivity index (χ1v) is 8.86. The molecule has 4 rings (SSSR count). The van der Waals surface area contributed by atoms with Crippen LogP contribution in [0.15, 0.2) is 6.33 Å². The molecule has 2 aliphatic rings. The summed E-state index contributed by atoms with van der Waals surface area (Å²) < 4.78 is 0. The van der Waals surface area contributed by atoms with Gasteiger partial charge in [0.2, 0.25) is 0 Å². The van der Waals surface area contributed by atoms with Crippen LogP contribution in [0, 0.1) is 5.92 Å². The predicted octanol–water partition coefficient (Wildman–Crippen LogP) is 2.97. The van der Waals surface area contributed by atoms with Gasteiger partial charge >= 0.3 is 0 Å². The Morgan fingerprint density at radius 2 is 2.00 bits per heavy atom. The highest BCUT2D eigenvalue weighted by Crippen LogP contribution is 2.33. The first-order chi connectivity index (χ1) is 11.2. The summed E-state index contributed by atoms with van der Waals surface area (Å²) >= 11 is 0. The largest absolute Gasteiger partial charge is 0.393 e. The smallest absolute Gasteiger partial charge is 0.183 e. The molecule has 6 heteroatoms. The molecule has 0 aromatic carbocycles. The topological polar surface area (TPSA) is 86.7 Å². The number of imidazole rings is 1. The first kappa shape index (κ1) is 14.9. The third-order valence-electron chi connectivity index (χ3n) is 5.48. The van der Waals surface area contributed by atoms with Crippen LogP contribution in [0.3, 0.4) is 0 Å². The van der Waals surface area contributed by atoms with Crippen LogP contribution in [-0.2, 0) is 0 Å². The van der Waals surface area contributed by atoms with Crippen molar-refractivity contribution in [3.63, 3.8) is 0 Å². The Morgan fingerprint density at radius 3 is 2.74 bits per heavy atom. The third kappa shape index (κ3) is 2.92. The van der Waals surface area contributed by atoms with Gasteiger partial charge in [0.05, 0.1) is 6.10 Å². The normalized spacial score (nSPS) is 29.2. The van der Waals surface area contributed by atoms with Crippen molar-refractivity contribution >= 4 is 17.0 Å². The number of hydrogen-bond donors (Lipinski definition) is 3. The lowest BCUT2D eigenvalue weighted by molar-refractivity contribution is 0.141. The van der Waals surface area contributed by atoms with Crippen molar-refractivity contribution in [3.8, 4) is 0 Å². The summed E-state index contributed by atoms with van der Waals surface area (Å²) in [5.41, 5.74) is 1.65. The highest BCUT2D eigenvalue weighted by molar-refractivity contribution is 5.82. The quantitative estimate of drug-likeness (QED) is 0.810. The lowest BCUT2D eigenvalue weighted by atomic mass is 9.89. The molecule has 6 nitrogen and oxygen atoms in total. The Kier molecular flexibility index (Phi) is 3.93. The highest BCUT2D eigenvalue weighted by atomic mass is 16.3. The molecule has 3 atom stereocenters. The molecule has 0 spiro atoms. The third-order valence-corrected chi connectivity index (χ3v) is 5.48. The molecule has 2 saturated carbocycles. The van der Waals surface area contributed by atoms with Crippen LogP contribution in [0.4, 0.5) is 5.82 Å². The number of aliphatic hydroxyl groups is 1. The molecule has 0 bridgehead atoms. The minimum atomic E-state index is -0.218. The average molecular weight is 315 g/mol. The predicted molar refractivity (Wildman–Crippen MR) is 89.3 cm³/mol. The Bertz CT molecular complexity index is 669. The second-order valence-electron chi connectivity index (χ2n) is 7.24. The summed E-state index contributed by atoms with van der Waals surface area (Å²) in [5.74, 6) is 2.74. The molecule has 124 valence electrons. The van der Waals surface area contributed by atoms with E-state index in [9.17, 15) is 5.11 Å². The molecule has 2 aromatic rings. The summed E-state index contributed by atoms with van der Waals surface area (Å²) in [4.78, 5) is 16.9. The van der Waals surface area contributed by atoms with E-state index >= 15 is 0 Å². The fourth-order valence-electron chi connectivity index (χ4n) is 4.06. The van der Waals surface area contributed by atoms with Gasteiger partial charge in [0, 0.05) is 12.0 Å². The van der Waals surface area contributed by atoms with E-state index in [4.69, 9.17) is 4.98 Å². The zero-order valence-corrected chi connectivity index (χ0v) is 13.6. The number of hydrogen-bond acceptors (Lipinski definition) is 5. The van der Waals surface area contributed by atoms with Crippen LogP contribution in [0.2, 0.25) is 0 Å². The van der Waals surface area contributed by atoms with Crippen LogP contribution in [0.1, 0.15) is 63.6 Å². The maximum atomic E-state index is 9.94. The van der Waals surface area contributed by atoms with Gasteiger partial charge in [-0.25, -0.2) is 15.0 Å². The van der Waals surface area contributed by atoms with E-state index < -0.39 is 0 Å². The average Bonchev–Trinajstić information content (AvgIpc) is 3.13. The summed E-state index contributed by atoms with van der Waals surface area (Å²) in [5, 5.41) is 13.4. The fourth-order valence-corrected chi connectivity index (χ4v) is 4.06. The van der Waals surface area contributed by atoms with Crippen molar-refractivity contribution in [1.29, 1.82) is 0 Å². The summed E-state index contributed by atoms with van der Waals surface area (Å²) in [7, 11) is 0. The first-order valence-electron chi connectivity index (χ1n) is 8.86.